The lowest BCUT2D eigenvalue weighted by molar-refractivity contribution is -0.140. The van der Waals surface area contributed by atoms with E-state index in [2.05, 4.69) is 5.32 Å². The van der Waals surface area contributed by atoms with Gasteiger partial charge in [-0.1, -0.05) is 32.0 Å². The highest BCUT2D eigenvalue weighted by molar-refractivity contribution is 5.89. The Balaban J connectivity index is 2.02. The van der Waals surface area contributed by atoms with Crippen LogP contribution in [0.3, 0.4) is 0 Å². The van der Waals surface area contributed by atoms with Gasteiger partial charge in [-0.05, 0) is 30.4 Å². The van der Waals surface area contributed by atoms with Crippen LogP contribution in [0.5, 0.6) is 5.75 Å². The van der Waals surface area contributed by atoms with Crippen LogP contribution in [0.15, 0.2) is 24.3 Å². The summed E-state index contributed by atoms with van der Waals surface area (Å²) in [7, 11) is 1.63. The van der Waals surface area contributed by atoms with Gasteiger partial charge in [0.25, 0.3) is 0 Å². The predicted molar refractivity (Wildman–Crippen MR) is 82.7 cm³/mol. The van der Waals surface area contributed by atoms with Gasteiger partial charge in [0.2, 0.25) is 5.91 Å². The standard InChI is InChI=1S/C17H23NO4/c1-10(2)14(8-11-6-4-5-7-15(11)22-3)18-16(19)12-9-13(12)17(20)21/h4-7,10,12-14H,8-9H2,1-3H3,(H,18,19)(H,20,21). The fourth-order valence-electron chi connectivity index (χ4n) is 2.61. The summed E-state index contributed by atoms with van der Waals surface area (Å²) >= 11 is 0. The molecule has 2 rings (SSSR count). The number of carbonyl (C=O) groups is 2. The number of para-hydroxylation sites is 1. The minimum atomic E-state index is -0.883. The van der Waals surface area contributed by atoms with Gasteiger partial charge in [-0.3, -0.25) is 9.59 Å². The minimum absolute atomic E-state index is 0.0427. The maximum atomic E-state index is 12.2. The summed E-state index contributed by atoms with van der Waals surface area (Å²) in [5.74, 6) is -0.879. The van der Waals surface area contributed by atoms with E-state index in [9.17, 15) is 9.59 Å². The van der Waals surface area contributed by atoms with E-state index >= 15 is 0 Å². The van der Waals surface area contributed by atoms with E-state index in [1.807, 2.05) is 38.1 Å². The lowest BCUT2D eigenvalue weighted by Gasteiger charge is -2.23. The Labute approximate surface area is 130 Å². The van der Waals surface area contributed by atoms with Crippen molar-refractivity contribution >= 4 is 11.9 Å². The highest BCUT2D eigenvalue weighted by Crippen LogP contribution is 2.39. The van der Waals surface area contributed by atoms with Crippen LogP contribution in [-0.2, 0) is 16.0 Å². The number of carbonyl (C=O) groups excluding carboxylic acids is 1. The quantitative estimate of drug-likeness (QED) is 0.809. The second-order valence-electron chi connectivity index (χ2n) is 6.16. The SMILES string of the molecule is COc1ccccc1CC(NC(=O)C1CC1C(=O)O)C(C)C. The molecule has 0 bridgehead atoms. The lowest BCUT2D eigenvalue weighted by Crippen LogP contribution is -2.41. The molecule has 0 saturated heterocycles. The van der Waals surface area contributed by atoms with Crippen LogP contribution < -0.4 is 10.1 Å². The fraction of sp³-hybridized carbons (Fsp3) is 0.529. The Morgan fingerprint density at radius 3 is 2.55 bits per heavy atom. The first-order chi connectivity index (χ1) is 10.4. The van der Waals surface area contributed by atoms with Crippen molar-refractivity contribution in [3.63, 3.8) is 0 Å². The molecule has 5 nitrogen and oxygen atoms in total. The van der Waals surface area contributed by atoms with Crippen LogP contribution >= 0.6 is 0 Å². The number of hydrogen-bond acceptors (Lipinski definition) is 3. The van der Waals surface area contributed by atoms with E-state index in [0.717, 1.165) is 11.3 Å². The maximum absolute atomic E-state index is 12.2. The molecule has 0 spiro atoms. The Morgan fingerprint density at radius 2 is 2.00 bits per heavy atom. The molecule has 1 amide bonds. The van der Waals surface area contributed by atoms with Crippen molar-refractivity contribution in [1.82, 2.24) is 5.32 Å². The van der Waals surface area contributed by atoms with Gasteiger partial charge in [-0.15, -0.1) is 0 Å². The predicted octanol–water partition coefficient (Wildman–Crippen LogP) is 2.10. The number of nitrogens with one attached hydrogen (secondary N) is 1. The molecule has 120 valence electrons. The summed E-state index contributed by atoms with van der Waals surface area (Å²) in [5, 5.41) is 11.9. The highest BCUT2D eigenvalue weighted by atomic mass is 16.5. The van der Waals surface area contributed by atoms with Crippen LogP contribution in [0.4, 0.5) is 0 Å². The molecule has 0 aromatic heterocycles. The molecule has 22 heavy (non-hydrogen) atoms. The Bertz CT molecular complexity index is 555. The van der Waals surface area contributed by atoms with Crippen molar-refractivity contribution in [3.05, 3.63) is 29.8 Å². The second kappa shape index (κ2) is 6.81. The van der Waals surface area contributed by atoms with E-state index in [4.69, 9.17) is 9.84 Å². The normalized spacial score (nSPS) is 21.3. The number of benzene rings is 1. The van der Waals surface area contributed by atoms with Crippen LogP contribution in [0.2, 0.25) is 0 Å². The molecular weight excluding hydrogens is 282 g/mol. The summed E-state index contributed by atoms with van der Waals surface area (Å²) in [6, 6.07) is 7.69. The number of carboxylic acids is 1. The van der Waals surface area contributed by atoms with Crippen LogP contribution in [0.25, 0.3) is 0 Å². The Kier molecular flexibility index (Phi) is 5.06. The van der Waals surface area contributed by atoms with Gasteiger partial charge in [-0.2, -0.15) is 0 Å². The average molecular weight is 305 g/mol. The third-order valence-electron chi connectivity index (χ3n) is 4.21. The minimum Gasteiger partial charge on any atom is -0.496 e. The zero-order valence-corrected chi connectivity index (χ0v) is 13.2. The number of hydrogen-bond donors (Lipinski definition) is 2. The summed E-state index contributed by atoms with van der Waals surface area (Å²) in [4.78, 5) is 23.0. The first-order valence-corrected chi connectivity index (χ1v) is 7.59. The van der Waals surface area contributed by atoms with Crippen molar-refractivity contribution in [2.75, 3.05) is 7.11 Å². The van der Waals surface area contributed by atoms with Gasteiger partial charge in [0.15, 0.2) is 0 Å². The van der Waals surface area contributed by atoms with Gasteiger partial charge in [-0.25, -0.2) is 0 Å². The van der Waals surface area contributed by atoms with E-state index in [0.29, 0.717) is 12.8 Å². The molecule has 0 aliphatic heterocycles. The maximum Gasteiger partial charge on any atom is 0.307 e. The summed E-state index contributed by atoms with van der Waals surface area (Å²) < 4.78 is 5.35. The van der Waals surface area contributed by atoms with E-state index in [1.165, 1.54) is 0 Å². The van der Waals surface area contributed by atoms with E-state index in [1.54, 1.807) is 7.11 Å². The Morgan fingerprint density at radius 1 is 1.32 bits per heavy atom. The van der Waals surface area contributed by atoms with Crippen molar-refractivity contribution in [1.29, 1.82) is 0 Å². The van der Waals surface area contributed by atoms with Crippen molar-refractivity contribution < 1.29 is 19.4 Å². The van der Waals surface area contributed by atoms with Crippen LogP contribution in [-0.4, -0.2) is 30.1 Å². The summed E-state index contributed by atoms with van der Waals surface area (Å²) in [6.45, 7) is 4.09. The van der Waals surface area contributed by atoms with Crippen LogP contribution in [0, 0.1) is 17.8 Å². The van der Waals surface area contributed by atoms with E-state index in [-0.39, 0.29) is 23.8 Å². The smallest absolute Gasteiger partial charge is 0.307 e. The van der Waals surface area contributed by atoms with Gasteiger partial charge in [0.05, 0.1) is 18.9 Å². The molecule has 2 N–H and O–H groups in total. The lowest BCUT2D eigenvalue weighted by atomic mass is 9.95. The largest absolute Gasteiger partial charge is 0.496 e. The number of ether oxygens (including phenoxy) is 1. The first-order valence-electron chi connectivity index (χ1n) is 7.59. The second-order valence-corrected chi connectivity index (χ2v) is 6.16. The van der Waals surface area contributed by atoms with Gasteiger partial charge in [0.1, 0.15) is 5.75 Å². The highest BCUT2D eigenvalue weighted by Gasteiger charge is 2.48. The monoisotopic (exact) mass is 305 g/mol. The third-order valence-corrected chi connectivity index (χ3v) is 4.21. The zero-order valence-electron chi connectivity index (χ0n) is 13.2. The number of aliphatic carboxylic acids is 1. The van der Waals surface area contributed by atoms with Gasteiger partial charge in [0, 0.05) is 6.04 Å². The molecule has 1 aromatic rings. The van der Waals surface area contributed by atoms with Crippen LogP contribution in [0.1, 0.15) is 25.8 Å². The molecule has 0 heterocycles. The molecular formula is C17H23NO4. The number of rotatable bonds is 7. The molecule has 3 unspecified atom stereocenters. The molecule has 1 aromatic carbocycles. The van der Waals surface area contributed by atoms with Crippen molar-refractivity contribution in [2.24, 2.45) is 17.8 Å². The topological polar surface area (TPSA) is 75.6 Å². The average Bonchev–Trinajstić information content (AvgIpc) is 3.27. The molecule has 1 aliphatic rings. The van der Waals surface area contributed by atoms with Crippen molar-refractivity contribution in [2.45, 2.75) is 32.7 Å². The summed E-state index contributed by atoms with van der Waals surface area (Å²) in [5.41, 5.74) is 1.04. The summed E-state index contributed by atoms with van der Waals surface area (Å²) in [6.07, 6.45) is 1.11. The van der Waals surface area contributed by atoms with Crippen molar-refractivity contribution in [3.8, 4) is 5.75 Å². The molecule has 3 atom stereocenters. The number of carboxylic acid groups (broad SMARTS) is 1. The zero-order chi connectivity index (χ0) is 16.3. The Hall–Kier alpha value is -2.04. The molecule has 1 fully saturated rings. The molecule has 0 radical (unpaired) electrons. The number of amides is 1. The van der Waals surface area contributed by atoms with Gasteiger partial charge < -0.3 is 15.2 Å². The van der Waals surface area contributed by atoms with Gasteiger partial charge >= 0.3 is 5.97 Å². The first kappa shape index (κ1) is 16.3. The fourth-order valence-corrected chi connectivity index (χ4v) is 2.61. The molecule has 1 saturated carbocycles. The van der Waals surface area contributed by atoms with E-state index < -0.39 is 11.9 Å². The molecule has 1 aliphatic carbocycles. The molecule has 5 heteroatoms. The third kappa shape index (κ3) is 3.78. The number of methoxy groups -OCH3 is 1.